The van der Waals surface area contributed by atoms with Crippen LogP contribution in [0, 0.1) is 0 Å². The Labute approximate surface area is 145 Å². The average molecular weight is 341 g/mol. The first-order chi connectivity index (χ1) is 11.8. The van der Waals surface area contributed by atoms with Crippen molar-refractivity contribution in [2.24, 2.45) is 0 Å². The van der Waals surface area contributed by atoms with Gasteiger partial charge in [0.1, 0.15) is 0 Å². The van der Waals surface area contributed by atoms with Gasteiger partial charge < -0.3 is 14.8 Å². The molecule has 0 bridgehead atoms. The summed E-state index contributed by atoms with van der Waals surface area (Å²) in [6.45, 7) is 0.256. The van der Waals surface area contributed by atoms with Gasteiger partial charge >= 0.3 is 0 Å². The van der Waals surface area contributed by atoms with Crippen LogP contribution in [0.5, 0.6) is 11.5 Å². The fraction of sp³-hybridized carbons (Fsp3) is 0.316. The molecule has 4 nitrogen and oxygen atoms in total. The van der Waals surface area contributed by atoms with Gasteiger partial charge in [-0.05, 0) is 48.1 Å². The molecule has 4 rings (SSSR count). The van der Waals surface area contributed by atoms with Crippen molar-refractivity contribution in [2.45, 2.75) is 31.2 Å². The van der Waals surface area contributed by atoms with E-state index >= 15 is 0 Å². The standard InChI is InChI=1S/C19H19NO3S/c21-18(8-6-14-5-7-15-16(12-14)23-13-22-15)20-19(9-1-2-10-19)17-4-3-11-24-17/h3-8,11-12H,1-2,9-10,13H2,(H,20,21). The lowest BCUT2D eigenvalue weighted by Crippen LogP contribution is -2.42. The third-order valence-electron chi connectivity index (χ3n) is 4.64. The summed E-state index contributed by atoms with van der Waals surface area (Å²) in [6, 6.07) is 9.84. The minimum atomic E-state index is -0.190. The van der Waals surface area contributed by atoms with Crippen molar-refractivity contribution in [1.82, 2.24) is 5.32 Å². The minimum Gasteiger partial charge on any atom is -0.454 e. The molecule has 1 saturated carbocycles. The molecule has 24 heavy (non-hydrogen) atoms. The number of rotatable bonds is 4. The van der Waals surface area contributed by atoms with Crippen LogP contribution < -0.4 is 14.8 Å². The molecule has 1 aromatic carbocycles. The van der Waals surface area contributed by atoms with Gasteiger partial charge in [-0.2, -0.15) is 0 Å². The fourth-order valence-corrected chi connectivity index (χ4v) is 4.37. The molecule has 2 heterocycles. The molecule has 0 radical (unpaired) electrons. The van der Waals surface area contributed by atoms with Gasteiger partial charge in [0, 0.05) is 11.0 Å². The summed E-state index contributed by atoms with van der Waals surface area (Å²) in [7, 11) is 0. The third-order valence-corrected chi connectivity index (χ3v) is 5.71. The van der Waals surface area contributed by atoms with Crippen molar-refractivity contribution in [2.75, 3.05) is 6.79 Å². The van der Waals surface area contributed by atoms with E-state index in [1.165, 1.54) is 4.88 Å². The first-order valence-electron chi connectivity index (χ1n) is 8.19. The Morgan fingerprint density at radius 3 is 2.79 bits per heavy atom. The van der Waals surface area contributed by atoms with Crippen LogP contribution in [0.4, 0.5) is 0 Å². The van der Waals surface area contributed by atoms with Crippen LogP contribution in [0.3, 0.4) is 0 Å². The Morgan fingerprint density at radius 1 is 1.17 bits per heavy atom. The molecule has 124 valence electrons. The zero-order valence-electron chi connectivity index (χ0n) is 13.3. The highest BCUT2D eigenvalue weighted by Crippen LogP contribution is 2.40. The van der Waals surface area contributed by atoms with E-state index in [0.29, 0.717) is 0 Å². The molecule has 0 spiro atoms. The molecule has 1 aliphatic carbocycles. The van der Waals surface area contributed by atoms with Gasteiger partial charge in [-0.3, -0.25) is 4.79 Å². The van der Waals surface area contributed by atoms with Crippen LogP contribution in [-0.4, -0.2) is 12.7 Å². The van der Waals surface area contributed by atoms with E-state index in [1.54, 1.807) is 17.4 Å². The molecule has 1 N–H and O–H groups in total. The SMILES string of the molecule is O=C(C=Cc1ccc2c(c1)OCO2)NC1(c2cccs2)CCCC1. The molecular formula is C19H19NO3S. The van der Waals surface area contributed by atoms with Crippen LogP contribution in [0.25, 0.3) is 6.08 Å². The number of carbonyl (C=O) groups excluding carboxylic acids is 1. The van der Waals surface area contributed by atoms with Crippen molar-refractivity contribution in [3.05, 3.63) is 52.2 Å². The summed E-state index contributed by atoms with van der Waals surface area (Å²) < 4.78 is 10.7. The highest BCUT2D eigenvalue weighted by atomic mass is 32.1. The molecular weight excluding hydrogens is 322 g/mol. The van der Waals surface area contributed by atoms with Crippen molar-refractivity contribution < 1.29 is 14.3 Å². The summed E-state index contributed by atoms with van der Waals surface area (Å²) in [5, 5.41) is 5.32. The summed E-state index contributed by atoms with van der Waals surface area (Å²) in [6.07, 6.45) is 7.75. The summed E-state index contributed by atoms with van der Waals surface area (Å²) in [5.74, 6) is 1.42. The quantitative estimate of drug-likeness (QED) is 0.853. The third kappa shape index (κ3) is 2.91. The zero-order chi connectivity index (χ0) is 16.4. The highest BCUT2D eigenvalue weighted by Gasteiger charge is 2.37. The van der Waals surface area contributed by atoms with E-state index < -0.39 is 0 Å². The Hall–Kier alpha value is -2.27. The van der Waals surface area contributed by atoms with E-state index in [0.717, 1.165) is 42.7 Å². The summed E-state index contributed by atoms with van der Waals surface area (Å²) in [5.41, 5.74) is 0.732. The number of thiophene rings is 1. The lowest BCUT2D eigenvalue weighted by Gasteiger charge is -2.28. The van der Waals surface area contributed by atoms with Crippen molar-refractivity contribution in [1.29, 1.82) is 0 Å². The molecule has 2 aromatic rings. The summed E-state index contributed by atoms with van der Waals surface area (Å²) >= 11 is 1.72. The van der Waals surface area contributed by atoms with E-state index in [9.17, 15) is 4.79 Å². The van der Waals surface area contributed by atoms with Crippen LogP contribution >= 0.6 is 11.3 Å². The molecule has 1 aromatic heterocycles. The van der Waals surface area contributed by atoms with Crippen LogP contribution in [0.15, 0.2) is 41.8 Å². The lowest BCUT2D eigenvalue weighted by atomic mass is 9.95. The Balaban J connectivity index is 1.48. The Kier molecular flexibility index (Phi) is 4.02. The average Bonchev–Trinajstić information content (AvgIpc) is 3.33. The second-order valence-corrected chi connectivity index (χ2v) is 7.15. The Bertz CT molecular complexity index is 761. The summed E-state index contributed by atoms with van der Waals surface area (Å²) in [4.78, 5) is 13.7. The topological polar surface area (TPSA) is 47.6 Å². The van der Waals surface area contributed by atoms with Gasteiger partial charge in [-0.25, -0.2) is 0 Å². The molecule has 0 atom stereocenters. The number of nitrogens with one attached hydrogen (secondary N) is 1. The maximum Gasteiger partial charge on any atom is 0.244 e. The molecule has 0 unspecified atom stereocenters. The Morgan fingerprint density at radius 2 is 2.00 bits per heavy atom. The largest absolute Gasteiger partial charge is 0.454 e. The number of hydrogen-bond acceptors (Lipinski definition) is 4. The molecule has 0 saturated heterocycles. The number of hydrogen-bond donors (Lipinski definition) is 1. The number of fused-ring (bicyclic) bond motifs is 1. The minimum absolute atomic E-state index is 0.0528. The first kappa shape index (κ1) is 15.3. The maximum absolute atomic E-state index is 12.5. The predicted octanol–water partition coefficient (Wildman–Crippen LogP) is 4.08. The maximum atomic E-state index is 12.5. The van der Waals surface area contributed by atoms with Gasteiger partial charge in [0.25, 0.3) is 0 Å². The van der Waals surface area contributed by atoms with Gasteiger partial charge in [0.15, 0.2) is 11.5 Å². The fourth-order valence-electron chi connectivity index (χ4n) is 3.43. The van der Waals surface area contributed by atoms with Crippen LogP contribution in [0.2, 0.25) is 0 Å². The molecule has 1 amide bonds. The van der Waals surface area contributed by atoms with Crippen molar-refractivity contribution >= 4 is 23.3 Å². The van der Waals surface area contributed by atoms with Crippen LogP contribution in [0.1, 0.15) is 36.1 Å². The van der Waals surface area contributed by atoms with Gasteiger partial charge in [0.05, 0.1) is 5.54 Å². The lowest BCUT2D eigenvalue weighted by molar-refractivity contribution is -0.118. The number of carbonyl (C=O) groups is 1. The van der Waals surface area contributed by atoms with E-state index in [2.05, 4.69) is 22.8 Å². The van der Waals surface area contributed by atoms with Crippen molar-refractivity contribution in [3.63, 3.8) is 0 Å². The monoisotopic (exact) mass is 341 g/mol. The van der Waals surface area contributed by atoms with E-state index in [4.69, 9.17) is 9.47 Å². The predicted molar refractivity (Wildman–Crippen MR) is 94.2 cm³/mol. The van der Waals surface area contributed by atoms with Crippen molar-refractivity contribution in [3.8, 4) is 11.5 Å². The second-order valence-electron chi connectivity index (χ2n) is 6.20. The number of benzene rings is 1. The molecule has 1 fully saturated rings. The normalized spacial score (nSPS) is 18.2. The molecule has 5 heteroatoms. The van der Waals surface area contributed by atoms with E-state index in [1.807, 2.05) is 24.3 Å². The molecule has 2 aliphatic rings. The number of amides is 1. The second kappa shape index (κ2) is 6.32. The van der Waals surface area contributed by atoms with Gasteiger partial charge in [-0.15, -0.1) is 11.3 Å². The van der Waals surface area contributed by atoms with Crippen LogP contribution in [-0.2, 0) is 10.3 Å². The number of ether oxygens (including phenoxy) is 2. The molecule has 1 aliphatic heterocycles. The zero-order valence-corrected chi connectivity index (χ0v) is 14.1. The van der Waals surface area contributed by atoms with Gasteiger partial charge in [0.2, 0.25) is 12.7 Å². The van der Waals surface area contributed by atoms with E-state index in [-0.39, 0.29) is 18.2 Å². The van der Waals surface area contributed by atoms with Gasteiger partial charge in [-0.1, -0.05) is 25.0 Å². The first-order valence-corrected chi connectivity index (χ1v) is 9.07. The smallest absolute Gasteiger partial charge is 0.244 e. The highest BCUT2D eigenvalue weighted by molar-refractivity contribution is 7.10.